The zero-order chi connectivity index (χ0) is 16.3. The third-order valence-corrected chi connectivity index (χ3v) is 3.72. The molecule has 0 aliphatic carbocycles. The Bertz CT molecular complexity index is 693. The molecule has 116 valence electrons. The lowest BCUT2D eigenvalue weighted by Gasteiger charge is -2.01. The minimum Gasteiger partial charge on any atom is -0.481 e. The van der Waals surface area contributed by atoms with Gasteiger partial charge < -0.3 is 16.2 Å². The number of carbonyl (C=O) groups is 2. The summed E-state index contributed by atoms with van der Waals surface area (Å²) in [5, 5.41) is 17.6. The second-order valence-corrected chi connectivity index (χ2v) is 5.40. The van der Waals surface area contributed by atoms with Crippen molar-refractivity contribution in [2.75, 3.05) is 5.73 Å². The maximum atomic E-state index is 13.2. The molecule has 0 saturated carbocycles. The van der Waals surface area contributed by atoms with Crippen LogP contribution in [0, 0.1) is 11.6 Å². The number of hydrogen-bond acceptors (Lipinski definition) is 6. The van der Waals surface area contributed by atoms with Gasteiger partial charge in [-0.15, -0.1) is 5.10 Å². The maximum absolute atomic E-state index is 13.2. The number of rotatable bonds is 4. The first kappa shape index (κ1) is 15.9. The average Bonchev–Trinajstić information content (AvgIpc) is 2.78. The second kappa shape index (κ2) is 6.52. The molecule has 0 bridgehead atoms. The number of carbonyl (C=O) groups excluding carboxylic acids is 1. The van der Waals surface area contributed by atoms with E-state index >= 15 is 0 Å². The molecule has 1 heterocycles. The minimum atomic E-state index is -1.18. The number of anilines is 1. The van der Waals surface area contributed by atoms with Gasteiger partial charge in [0.25, 0.3) is 0 Å². The Balaban J connectivity index is 2.08. The molecule has 7 nitrogen and oxygen atoms in total. The zero-order valence-corrected chi connectivity index (χ0v) is 11.7. The molecular formula is C12H10F2N4O3S. The Morgan fingerprint density at radius 1 is 1.50 bits per heavy atom. The number of nitrogens with zero attached hydrogens (tertiary/aromatic N) is 2. The van der Waals surface area contributed by atoms with Crippen LogP contribution in [0.15, 0.2) is 22.3 Å². The molecular weight excluding hydrogens is 318 g/mol. The molecule has 22 heavy (non-hydrogen) atoms. The maximum Gasteiger partial charge on any atom is 0.305 e. The van der Waals surface area contributed by atoms with Crippen molar-refractivity contribution < 1.29 is 23.5 Å². The Morgan fingerprint density at radius 2 is 2.23 bits per heavy atom. The van der Waals surface area contributed by atoms with Crippen LogP contribution in [0.3, 0.4) is 0 Å². The SMILES string of the molecule is Nc1c(C=NN=C2NC(=O)C(CC(=O)O)S2)ccc(F)c1F. The molecule has 0 aromatic heterocycles. The normalized spacial score (nSPS) is 19.8. The predicted molar refractivity (Wildman–Crippen MR) is 77.6 cm³/mol. The number of nitrogens with one attached hydrogen (secondary N) is 1. The van der Waals surface area contributed by atoms with E-state index in [0.717, 1.165) is 24.0 Å². The summed E-state index contributed by atoms with van der Waals surface area (Å²) in [6.45, 7) is 0. The van der Waals surface area contributed by atoms with Crippen molar-refractivity contribution in [3.05, 3.63) is 29.3 Å². The van der Waals surface area contributed by atoms with Crippen LogP contribution < -0.4 is 11.1 Å². The fraction of sp³-hybridized carbons (Fsp3) is 0.167. The van der Waals surface area contributed by atoms with Gasteiger partial charge in [-0.05, 0) is 12.1 Å². The molecule has 1 aliphatic rings. The minimum absolute atomic E-state index is 0.119. The molecule has 0 radical (unpaired) electrons. The van der Waals surface area contributed by atoms with Crippen LogP contribution in [-0.2, 0) is 9.59 Å². The number of carboxylic acid groups (broad SMARTS) is 1. The molecule has 1 amide bonds. The van der Waals surface area contributed by atoms with Gasteiger partial charge in [-0.25, -0.2) is 8.78 Å². The quantitative estimate of drug-likeness (QED) is 0.432. The molecule has 1 aromatic carbocycles. The van der Waals surface area contributed by atoms with Crippen LogP contribution in [-0.4, -0.2) is 33.6 Å². The first-order valence-corrected chi connectivity index (χ1v) is 6.80. The molecule has 1 unspecified atom stereocenters. The van der Waals surface area contributed by atoms with Crippen molar-refractivity contribution in [1.82, 2.24) is 5.32 Å². The molecule has 1 aliphatic heterocycles. The molecule has 4 N–H and O–H groups in total. The fourth-order valence-corrected chi connectivity index (χ4v) is 2.50. The number of carboxylic acids is 1. The van der Waals surface area contributed by atoms with Crippen molar-refractivity contribution >= 4 is 40.7 Å². The van der Waals surface area contributed by atoms with Gasteiger partial charge in [-0.2, -0.15) is 5.10 Å². The van der Waals surface area contributed by atoms with Gasteiger partial charge in [-0.1, -0.05) is 11.8 Å². The number of amidine groups is 1. The van der Waals surface area contributed by atoms with Gasteiger partial charge in [0.2, 0.25) is 5.91 Å². The zero-order valence-electron chi connectivity index (χ0n) is 10.9. The molecule has 1 fully saturated rings. The van der Waals surface area contributed by atoms with Crippen LogP contribution >= 0.6 is 11.8 Å². The number of amides is 1. The molecule has 1 saturated heterocycles. The van der Waals surface area contributed by atoms with E-state index < -0.39 is 34.4 Å². The lowest BCUT2D eigenvalue weighted by molar-refractivity contribution is -0.138. The number of halogens is 2. The van der Waals surface area contributed by atoms with Gasteiger partial charge in [0.15, 0.2) is 16.8 Å². The van der Waals surface area contributed by atoms with Crippen LogP contribution in [0.5, 0.6) is 0 Å². The van der Waals surface area contributed by atoms with Crippen molar-refractivity contribution in [2.45, 2.75) is 11.7 Å². The largest absolute Gasteiger partial charge is 0.481 e. The van der Waals surface area contributed by atoms with E-state index in [2.05, 4.69) is 15.5 Å². The van der Waals surface area contributed by atoms with E-state index in [1.54, 1.807) is 0 Å². The molecule has 2 rings (SSSR count). The summed E-state index contributed by atoms with van der Waals surface area (Å²) in [4.78, 5) is 22.0. The Hall–Kier alpha value is -2.49. The van der Waals surface area contributed by atoms with E-state index in [-0.39, 0.29) is 17.2 Å². The second-order valence-electron chi connectivity index (χ2n) is 4.21. The highest BCUT2D eigenvalue weighted by Crippen LogP contribution is 2.22. The number of nitrogens with two attached hydrogens (primary N) is 1. The summed E-state index contributed by atoms with van der Waals surface area (Å²) in [6.07, 6.45) is 0.761. The van der Waals surface area contributed by atoms with E-state index in [9.17, 15) is 18.4 Å². The van der Waals surface area contributed by atoms with Gasteiger partial charge in [-0.3, -0.25) is 9.59 Å². The lowest BCUT2D eigenvalue weighted by Crippen LogP contribution is -2.26. The number of benzene rings is 1. The van der Waals surface area contributed by atoms with Crippen molar-refractivity contribution in [3.63, 3.8) is 0 Å². The molecule has 0 spiro atoms. The van der Waals surface area contributed by atoms with Crippen molar-refractivity contribution in [1.29, 1.82) is 0 Å². The van der Waals surface area contributed by atoms with Crippen molar-refractivity contribution in [2.24, 2.45) is 10.2 Å². The number of hydrogen-bond donors (Lipinski definition) is 3. The van der Waals surface area contributed by atoms with Gasteiger partial charge in [0, 0.05) is 5.56 Å². The number of aliphatic carboxylic acids is 1. The summed E-state index contributed by atoms with van der Waals surface area (Å²) >= 11 is 0.921. The summed E-state index contributed by atoms with van der Waals surface area (Å²) in [6, 6.07) is 2.13. The Labute approximate surface area is 127 Å². The predicted octanol–water partition coefficient (Wildman–Crippen LogP) is 0.943. The number of nitrogen functional groups attached to an aromatic ring is 1. The smallest absolute Gasteiger partial charge is 0.305 e. The summed E-state index contributed by atoms with van der Waals surface area (Å²) in [7, 11) is 0. The van der Waals surface area contributed by atoms with Gasteiger partial charge in [0.1, 0.15) is 5.25 Å². The van der Waals surface area contributed by atoms with E-state index in [4.69, 9.17) is 10.8 Å². The Morgan fingerprint density at radius 3 is 2.91 bits per heavy atom. The lowest BCUT2D eigenvalue weighted by atomic mass is 10.2. The third-order valence-electron chi connectivity index (χ3n) is 2.65. The molecule has 10 heteroatoms. The number of thioether (sulfide) groups is 1. The van der Waals surface area contributed by atoms with Crippen molar-refractivity contribution in [3.8, 4) is 0 Å². The topological polar surface area (TPSA) is 117 Å². The third kappa shape index (κ3) is 3.58. The highest BCUT2D eigenvalue weighted by atomic mass is 32.2. The van der Waals surface area contributed by atoms with Crippen LogP contribution in [0.25, 0.3) is 0 Å². The highest BCUT2D eigenvalue weighted by molar-refractivity contribution is 8.15. The average molecular weight is 328 g/mol. The highest BCUT2D eigenvalue weighted by Gasteiger charge is 2.32. The standard InChI is InChI=1S/C12H10F2N4O3S/c13-6-2-1-5(10(15)9(6)14)4-16-18-12-17-11(21)7(22-12)3-8(19)20/h1-2,4,7H,3,15H2,(H,19,20)(H,17,18,21). The van der Waals surface area contributed by atoms with E-state index in [1.807, 2.05) is 0 Å². The van der Waals surface area contributed by atoms with Gasteiger partial charge in [0.05, 0.1) is 18.3 Å². The summed E-state index contributed by atoms with van der Waals surface area (Å²) in [5.74, 6) is -3.83. The van der Waals surface area contributed by atoms with E-state index in [1.165, 1.54) is 6.07 Å². The Kier molecular flexibility index (Phi) is 4.71. The van der Waals surface area contributed by atoms with Gasteiger partial charge >= 0.3 is 5.97 Å². The summed E-state index contributed by atoms with van der Waals surface area (Å²) in [5.41, 5.74) is 5.10. The fourth-order valence-electron chi connectivity index (χ4n) is 1.58. The first-order chi connectivity index (χ1) is 10.4. The first-order valence-electron chi connectivity index (χ1n) is 5.92. The molecule has 1 aromatic rings. The monoisotopic (exact) mass is 328 g/mol. The van der Waals surface area contributed by atoms with Crippen LogP contribution in [0.1, 0.15) is 12.0 Å². The van der Waals surface area contributed by atoms with Crippen LogP contribution in [0.2, 0.25) is 0 Å². The van der Waals surface area contributed by atoms with Crippen LogP contribution in [0.4, 0.5) is 14.5 Å². The summed E-state index contributed by atoms with van der Waals surface area (Å²) < 4.78 is 26.1. The molecule has 1 atom stereocenters. The van der Waals surface area contributed by atoms with E-state index in [0.29, 0.717) is 0 Å².